The van der Waals surface area contributed by atoms with Gasteiger partial charge in [-0.1, -0.05) is 52.9 Å². The van der Waals surface area contributed by atoms with Gasteiger partial charge >= 0.3 is 0 Å². The Kier molecular flexibility index (Phi) is 3.62. The predicted molar refractivity (Wildman–Crippen MR) is 106 cm³/mol. The van der Waals surface area contributed by atoms with E-state index in [0.717, 1.165) is 28.6 Å². The van der Waals surface area contributed by atoms with Crippen LogP contribution in [0.1, 0.15) is 24.1 Å². The molecule has 5 rings (SSSR count). The molecule has 0 bridgehead atoms. The highest BCUT2D eigenvalue weighted by atomic mass is 32.1. The van der Waals surface area contributed by atoms with Crippen molar-refractivity contribution in [1.29, 1.82) is 0 Å². The summed E-state index contributed by atoms with van der Waals surface area (Å²) >= 11 is 1.49. The zero-order valence-corrected chi connectivity index (χ0v) is 15.5. The zero-order chi connectivity index (χ0) is 18.4. The smallest absolute Gasteiger partial charge is 0.238 e. The summed E-state index contributed by atoms with van der Waals surface area (Å²) in [7, 11) is 0. The van der Waals surface area contributed by atoms with Crippen LogP contribution in [0, 0.1) is 6.92 Å². The molecule has 1 fully saturated rings. The normalized spacial score (nSPS) is 15.0. The van der Waals surface area contributed by atoms with Crippen molar-refractivity contribution in [3.63, 3.8) is 0 Å². The fourth-order valence-corrected chi connectivity index (χ4v) is 4.22. The lowest BCUT2D eigenvalue weighted by molar-refractivity contribution is -0.118. The number of nitrogens with one attached hydrogen (secondary N) is 1. The highest BCUT2D eigenvalue weighted by Crippen LogP contribution is 2.49. The highest BCUT2D eigenvalue weighted by Gasteiger charge is 2.54. The molecule has 0 unspecified atom stereocenters. The quantitative estimate of drug-likeness (QED) is 0.549. The van der Waals surface area contributed by atoms with Crippen LogP contribution in [0.5, 0.6) is 0 Å². The monoisotopic (exact) mass is 375 g/mol. The minimum atomic E-state index is -0.607. The standard InChI is InChI=1S/C21H17N3O2S/c1-13-7-8-15-17(11-13)27-20(22-15)23-19(25)21(9-10-21)18-12-16(26-24-18)14-5-3-2-4-6-14/h2-8,11-12H,9-10H2,1H3,(H,22,23,25). The first-order chi connectivity index (χ1) is 13.1. The van der Waals surface area contributed by atoms with Crippen molar-refractivity contribution in [3.8, 4) is 11.3 Å². The third-order valence-corrected chi connectivity index (χ3v) is 5.94. The van der Waals surface area contributed by atoms with E-state index < -0.39 is 5.41 Å². The number of carbonyl (C=O) groups excluding carboxylic acids is 1. The molecule has 2 aromatic carbocycles. The van der Waals surface area contributed by atoms with Gasteiger partial charge in [0.15, 0.2) is 10.9 Å². The number of carbonyl (C=O) groups is 1. The van der Waals surface area contributed by atoms with Gasteiger partial charge in [0, 0.05) is 11.6 Å². The van der Waals surface area contributed by atoms with E-state index in [4.69, 9.17) is 4.52 Å². The Morgan fingerprint density at radius 1 is 1.15 bits per heavy atom. The van der Waals surface area contributed by atoms with Gasteiger partial charge in [-0.15, -0.1) is 0 Å². The number of rotatable bonds is 4. The van der Waals surface area contributed by atoms with Gasteiger partial charge in [0.2, 0.25) is 5.91 Å². The van der Waals surface area contributed by atoms with Crippen LogP contribution in [0.15, 0.2) is 59.1 Å². The summed E-state index contributed by atoms with van der Waals surface area (Å²) in [5.41, 5.74) is 3.12. The van der Waals surface area contributed by atoms with Gasteiger partial charge in [0.1, 0.15) is 0 Å². The van der Waals surface area contributed by atoms with Crippen LogP contribution in [-0.2, 0) is 10.2 Å². The molecule has 6 heteroatoms. The van der Waals surface area contributed by atoms with Crippen LogP contribution in [0.3, 0.4) is 0 Å². The molecule has 4 aromatic rings. The van der Waals surface area contributed by atoms with E-state index in [2.05, 4.69) is 21.5 Å². The molecule has 1 aliphatic rings. The molecule has 2 heterocycles. The lowest BCUT2D eigenvalue weighted by atomic mass is 10.0. The number of amides is 1. The van der Waals surface area contributed by atoms with E-state index in [1.807, 2.05) is 55.5 Å². The first kappa shape index (κ1) is 16.2. The average molecular weight is 375 g/mol. The number of aryl methyl sites for hydroxylation is 1. The molecular formula is C21H17N3O2S. The van der Waals surface area contributed by atoms with Crippen molar-refractivity contribution in [2.24, 2.45) is 0 Å². The van der Waals surface area contributed by atoms with Gasteiger partial charge in [-0.2, -0.15) is 0 Å². The number of thiazole rings is 1. The Labute approximate surface area is 160 Å². The number of benzene rings is 2. The van der Waals surface area contributed by atoms with Gasteiger partial charge in [-0.25, -0.2) is 4.98 Å². The number of fused-ring (bicyclic) bond motifs is 1. The van der Waals surface area contributed by atoms with E-state index >= 15 is 0 Å². The molecule has 27 heavy (non-hydrogen) atoms. The zero-order valence-electron chi connectivity index (χ0n) is 14.7. The minimum Gasteiger partial charge on any atom is -0.356 e. The summed E-state index contributed by atoms with van der Waals surface area (Å²) in [4.78, 5) is 17.5. The van der Waals surface area contributed by atoms with Crippen LogP contribution in [0.25, 0.3) is 21.5 Å². The largest absolute Gasteiger partial charge is 0.356 e. The SMILES string of the molecule is Cc1ccc2nc(NC(=O)C3(c4cc(-c5ccccc5)on4)CC3)sc2c1. The molecule has 0 saturated heterocycles. The van der Waals surface area contributed by atoms with Gasteiger partial charge < -0.3 is 9.84 Å². The molecule has 2 aromatic heterocycles. The number of nitrogens with zero attached hydrogens (tertiary/aromatic N) is 2. The van der Waals surface area contributed by atoms with Gasteiger partial charge in [0.25, 0.3) is 0 Å². The summed E-state index contributed by atoms with van der Waals surface area (Å²) < 4.78 is 6.57. The number of aromatic nitrogens is 2. The molecule has 5 nitrogen and oxygen atoms in total. The number of hydrogen-bond acceptors (Lipinski definition) is 5. The maximum absolute atomic E-state index is 13.0. The van der Waals surface area contributed by atoms with E-state index in [1.165, 1.54) is 16.9 Å². The topological polar surface area (TPSA) is 68.0 Å². The molecule has 1 saturated carbocycles. The first-order valence-electron chi connectivity index (χ1n) is 8.85. The maximum Gasteiger partial charge on any atom is 0.238 e. The average Bonchev–Trinajstić information content (AvgIpc) is 3.17. The van der Waals surface area contributed by atoms with E-state index in [1.54, 1.807) is 0 Å². The fraction of sp³-hybridized carbons (Fsp3) is 0.190. The summed E-state index contributed by atoms with van der Waals surface area (Å²) in [6.45, 7) is 2.05. The minimum absolute atomic E-state index is 0.0637. The van der Waals surface area contributed by atoms with Crippen LogP contribution in [0.4, 0.5) is 5.13 Å². The van der Waals surface area contributed by atoms with Crippen molar-refractivity contribution < 1.29 is 9.32 Å². The second-order valence-corrected chi connectivity index (χ2v) is 8.00. The lowest BCUT2D eigenvalue weighted by Gasteiger charge is -2.10. The lowest BCUT2D eigenvalue weighted by Crippen LogP contribution is -2.28. The Morgan fingerprint density at radius 3 is 2.74 bits per heavy atom. The van der Waals surface area contributed by atoms with Crippen LogP contribution in [-0.4, -0.2) is 16.0 Å². The third kappa shape index (κ3) is 2.82. The Hall–Kier alpha value is -2.99. The molecule has 0 atom stereocenters. The molecule has 0 radical (unpaired) electrons. The van der Waals surface area contributed by atoms with Crippen molar-refractivity contribution in [1.82, 2.24) is 10.1 Å². The maximum atomic E-state index is 13.0. The first-order valence-corrected chi connectivity index (χ1v) is 9.67. The second-order valence-electron chi connectivity index (χ2n) is 6.97. The second kappa shape index (κ2) is 6.03. The molecule has 1 amide bonds. The molecule has 0 spiro atoms. The van der Waals surface area contributed by atoms with Gasteiger partial charge in [-0.05, 0) is 37.5 Å². The number of anilines is 1. The van der Waals surface area contributed by atoms with Crippen molar-refractivity contribution in [3.05, 3.63) is 65.9 Å². The van der Waals surface area contributed by atoms with Gasteiger partial charge in [0.05, 0.1) is 21.3 Å². The van der Waals surface area contributed by atoms with Gasteiger partial charge in [-0.3, -0.25) is 4.79 Å². The molecule has 134 valence electrons. The molecule has 0 aliphatic heterocycles. The van der Waals surface area contributed by atoms with E-state index in [-0.39, 0.29) is 5.91 Å². The third-order valence-electron chi connectivity index (χ3n) is 5.01. The predicted octanol–water partition coefficient (Wildman–Crippen LogP) is 4.93. The van der Waals surface area contributed by atoms with Crippen LogP contribution < -0.4 is 5.32 Å². The summed E-state index contributed by atoms with van der Waals surface area (Å²) in [6.07, 6.45) is 1.53. The van der Waals surface area contributed by atoms with E-state index in [0.29, 0.717) is 16.6 Å². The number of hydrogen-bond donors (Lipinski definition) is 1. The Bertz CT molecular complexity index is 1140. The molecule has 1 N–H and O–H groups in total. The fourth-order valence-electron chi connectivity index (χ4n) is 3.27. The van der Waals surface area contributed by atoms with E-state index in [9.17, 15) is 4.79 Å². The van der Waals surface area contributed by atoms with Crippen molar-refractivity contribution in [2.45, 2.75) is 25.2 Å². The summed E-state index contributed by atoms with van der Waals surface area (Å²) in [5, 5.41) is 7.80. The highest BCUT2D eigenvalue weighted by molar-refractivity contribution is 7.22. The summed E-state index contributed by atoms with van der Waals surface area (Å²) in [5.74, 6) is 0.617. The summed E-state index contributed by atoms with van der Waals surface area (Å²) in [6, 6.07) is 17.8. The molecular weight excluding hydrogens is 358 g/mol. The molecule has 1 aliphatic carbocycles. The Balaban J connectivity index is 1.40. The van der Waals surface area contributed by atoms with Crippen LogP contribution in [0.2, 0.25) is 0 Å². The van der Waals surface area contributed by atoms with Crippen LogP contribution >= 0.6 is 11.3 Å². The van der Waals surface area contributed by atoms with Crippen molar-refractivity contribution in [2.75, 3.05) is 5.32 Å². The Morgan fingerprint density at radius 2 is 1.96 bits per heavy atom. The van der Waals surface area contributed by atoms with Crippen molar-refractivity contribution >= 4 is 32.6 Å².